The van der Waals surface area contributed by atoms with Crippen molar-refractivity contribution in [3.05, 3.63) is 23.7 Å². The summed E-state index contributed by atoms with van der Waals surface area (Å²) in [4.78, 5) is 19.5. The molecule has 3 rings (SSSR count). The molecule has 3 heterocycles. The van der Waals surface area contributed by atoms with Crippen LogP contribution in [0.15, 0.2) is 12.4 Å². The highest BCUT2D eigenvalue weighted by Crippen LogP contribution is 2.35. The number of cyclic esters (lactones) is 1. The summed E-state index contributed by atoms with van der Waals surface area (Å²) in [6.45, 7) is 2.56. The maximum atomic E-state index is 13.6. The van der Waals surface area contributed by atoms with Gasteiger partial charge in [0.15, 0.2) is 5.54 Å². The van der Waals surface area contributed by atoms with E-state index in [1.54, 1.807) is 13.8 Å². The van der Waals surface area contributed by atoms with E-state index in [1.807, 2.05) is 0 Å². The maximum absolute atomic E-state index is 13.6. The zero-order valence-corrected chi connectivity index (χ0v) is 15.1. The fraction of sp³-hybridized carbons (Fsp3) is 0.500. The van der Waals surface area contributed by atoms with Crippen LogP contribution in [0.5, 0.6) is 0 Å². The SMILES string of the molecule is CCNc1nc(Nc2cn([C@]3(CF)CCOC3=O)nc2C)ncc1C(F)(F)F. The third-order valence-electron chi connectivity index (χ3n) is 4.37. The Kier molecular flexibility index (Phi) is 5.13. The van der Waals surface area contributed by atoms with E-state index in [0.717, 1.165) is 0 Å². The lowest BCUT2D eigenvalue weighted by Crippen LogP contribution is -2.41. The lowest BCUT2D eigenvalue weighted by Gasteiger charge is -2.21. The third-order valence-corrected chi connectivity index (χ3v) is 4.37. The van der Waals surface area contributed by atoms with Gasteiger partial charge in [-0.2, -0.15) is 23.3 Å². The highest BCUT2D eigenvalue weighted by molar-refractivity contribution is 5.81. The number of aryl methyl sites for hydroxylation is 1. The van der Waals surface area contributed by atoms with Gasteiger partial charge in [0.25, 0.3) is 0 Å². The monoisotopic (exact) mass is 402 g/mol. The van der Waals surface area contributed by atoms with Crippen LogP contribution < -0.4 is 10.6 Å². The molecule has 0 unspecified atom stereocenters. The van der Waals surface area contributed by atoms with Crippen molar-refractivity contribution in [2.24, 2.45) is 0 Å². The van der Waals surface area contributed by atoms with Gasteiger partial charge >= 0.3 is 12.1 Å². The predicted octanol–water partition coefficient (Wildman–Crippen LogP) is 2.79. The third kappa shape index (κ3) is 3.45. The number of aromatic nitrogens is 4. The maximum Gasteiger partial charge on any atom is 0.421 e. The van der Waals surface area contributed by atoms with Gasteiger partial charge in [-0.1, -0.05) is 0 Å². The standard InChI is InChI=1S/C16H18F4N6O2/c1-3-21-12-10(16(18,19)20)6-22-14(24-12)23-11-7-26(25-9(11)2)15(8-17)4-5-28-13(15)27/h6-7H,3-5,8H2,1-2H3,(H2,21,22,23,24)/t15-/m0/s1. The van der Waals surface area contributed by atoms with Crippen LogP contribution in [-0.4, -0.2) is 45.5 Å². The quantitative estimate of drug-likeness (QED) is 0.567. The zero-order valence-electron chi connectivity index (χ0n) is 15.1. The second-order valence-electron chi connectivity index (χ2n) is 6.23. The van der Waals surface area contributed by atoms with Gasteiger partial charge in [0, 0.05) is 19.2 Å². The summed E-state index contributed by atoms with van der Waals surface area (Å²) in [6, 6.07) is 0. The molecule has 2 N–H and O–H groups in total. The van der Waals surface area contributed by atoms with Gasteiger partial charge in [0.2, 0.25) is 5.95 Å². The highest BCUT2D eigenvalue weighted by Gasteiger charge is 2.48. The van der Waals surface area contributed by atoms with Crippen molar-refractivity contribution in [2.75, 3.05) is 30.5 Å². The summed E-state index contributed by atoms with van der Waals surface area (Å²) >= 11 is 0. The molecule has 1 atom stereocenters. The van der Waals surface area contributed by atoms with Crippen LogP contribution in [-0.2, 0) is 21.2 Å². The molecule has 2 aromatic rings. The molecule has 8 nitrogen and oxygen atoms in total. The van der Waals surface area contributed by atoms with Crippen molar-refractivity contribution in [3.8, 4) is 0 Å². The molecule has 2 aromatic heterocycles. The van der Waals surface area contributed by atoms with Crippen molar-refractivity contribution < 1.29 is 27.1 Å². The lowest BCUT2D eigenvalue weighted by atomic mass is 10.0. The minimum atomic E-state index is -4.60. The van der Waals surface area contributed by atoms with Crippen LogP contribution in [0, 0.1) is 6.92 Å². The van der Waals surface area contributed by atoms with E-state index in [4.69, 9.17) is 4.74 Å². The van der Waals surface area contributed by atoms with Gasteiger partial charge < -0.3 is 15.4 Å². The first-order valence-corrected chi connectivity index (χ1v) is 8.46. The van der Waals surface area contributed by atoms with E-state index in [9.17, 15) is 22.4 Å². The fourth-order valence-electron chi connectivity index (χ4n) is 2.81. The van der Waals surface area contributed by atoms with E-state index in [-0.39, 0.29) is 31.3 Å². The molecule has 1 fully saturated rings. The van der Waals surface area contributed by atoms with E-state index in [1.165, 1.54) is 10.9 Å². The van der Waals surface area contributed by atoms with Crippen molar-refractivity contribution in [1.82, 2.24) is 19.7 Å². The van der Waals surface area contributed by atoms with Gasteiger partial charge in [0.1, 0.15) is 18.1 Å². The Morgan fingerprint density at radius 1 is 1.39 bits per heavy atom. The summed E-state index contributed by atoms with van der Waals surface area (Å²) < 4.78 is 58.8. The molecule has 0 amide bonds. The Labute approximate surface area is 157 Å². The van der Waals surface area contributed by atoms with Crippen molar-refractivity contribution >= 4 is 23.4 Å². The van der Waals surface area contributed by atoms with Crippen LogP contribution >= 0.6 is 0 Å². The van der Waals surface area contributed by atoms with E-state index >= 15 is 0 Å². The summed E-state index contributed by atoms with van der Waals surface area (Å²) in [5, 5.41) is 9.47. The van der Waals surface area contributed by atoms with Gasteiger partial charge in [-0.3, -0.25) is 4.68 Å². The number of halogens is 4. The van der Waals surface area contributed by atoms with Crippen molar-refractivity contribution in [1.29, 1.82) is 0 Å². The summed E-state index contributed by atoms with van der Waals surface area (Å²) in [6.07, 6.45) is -2.42. The Balaban J connectivity index is 1.91. The van der Waals surface area contributed by atoms with Crippen LogP contribution in [0.2, 0.25) is 0 Å². The number of nitrogens with zero attached hydrogens (tertiary/aromatic N) is 4. The number of nitrogens with one attached hydrogen (secondary N) is 2. The van der Waals surface area contributed by atoms with Crippen LogP contribution in [0.25, 0.3) is 0 Å². The molecule has 1 saturated heterocycles. The molecule has 0 radical (unpaired) electrons. The van der Waals surface area contributed by atoms with Crippen LogP contribution in [0.4, 0.5) is 35.0 Å². The minimum Gasteiger partial charge on any atom is -0.464 e. The van der Waals surface area contributed by atoms with E-state index in [0.29, 0.717) is 17.6 Å². The molecule has 12 heteroatoms. The van der Waals surface area contributed by atoms with Gasteiger partial charge in [-0.05, 0) is 13.8 Å². The number of alkyl halides is 4. The molecule has 1 aliphatic heterocycles. The summed E-state index contributed by atoms with van der Waals surface area (Å²) in [5.74, 6) is -1.18. The van der Waals surface area contributed by atoms with E-state index in [2.05, 4.69) is 25.7 Å². The molecule has 0 saturated carbocycles. The predicted molar refractivity (Wildman–Crippen MR) is 91.0 cm³/mol. The average Bonchev–Trinajstić information content (AvgIpc) is 3.18. The largest absolute Gasteiger partial charge is 0.464 e. The Morgan fingerprint density at radius 2 is 2.14 bits per heavy atom. The molecule has 28 heavy (non-hydrogen) atoms. The number of esters is 1. The molecular weight excluding hydrogens is 384 g/mol. The summed E-state index contributed by atoms with van der Waals surface area (Å²) in [5.41, 5.74) is -1.81. The molecule has 0 aliphatic carbocycles. The second kappa shape index (κ2) is 7.24. The first kappa shape index (κ1) is 19.8. The number of rotatable bonds is 6. The zero-order chi connectivity index (χ0) is 20.5. The normalized spacial score (nSPS) is 19.6. The van der Waals surface area contributed by atoms with Gasteiger partial charge in [-0.15, -0.1) is 0 Å². The summed E-state index contributed by atoms with van der Waals surface area (Å²) in [7, 11) is 0. The van der Waals surface area contributed by atoms with Gasteiger partial charge in [-0.25, -0.2) is 14.2 Å². The molecule has 152 valence electrons. The minimum absolute atomic E-state index is 0.0818. The van der Waals surface area contributed by atoms with Crippen molar-refractivity contribution in [3.63, 3.8) is 0 Å². The van der Waals surface area contributed by atoms with Crippen LogP contribution in [0.3, 0.4) is 0 Å². The number of anilines is 3. The number of hydrogen-bond donors (Lipinski definition) is 2. The average molecular weight is 402 g/mol. The van der Waals surface area contributed by atoms with Crippen LogP contribution in [0.1, 0.15) is 24.6 Å². The topological polar surface area (TPSA) is 94.0 Å². The smallest absolute Gasteiger partial charge is 0.421 e. The van der Waals surface area contributed by atoms with E-state index < -0.39 is 29.9 Å². The number of carbonyl (C=O) groups excluding carboxylic acids is 1. The number of carbonyl (C=O) groups is 1. The Bertz CT molecular complexity index is 885. The second-order valence-corrected chi connectivity index (χ2v) is 6.23. The fourth-order valence-corrected chi connectivity index (χ4v) is 2.81. The first-order valence-electron chi connectivity index (χ1n) is 8.46. The first-order chi connectivity index (χ1) is 13.2. The van der Waals surface area contributed by atoms with Gasteiger partial charge in [0.05, 0.1) is 24.2 Å². The molecule has 0 spiro atoms. The van der Waals surface area contributed by atoms with Crippen molar-refractivity contribution in [2.45, 2.75) is 32.0 Å². The Morgan fingerprint density at radius 3 is 2.71 bits per heavy atom. The lowest BCUT2D eigenvalue weighted by molar-refractivity contribution is -0.146. The Hall–Kier alpha value is -2.92. The molecular formula is C16H18F4N6O2. The highest BCUT2D eigenvalue weighted by atomic mass is 19.4. The number of ether oxygens (including phenoxy) is 1. The molecule has 0 bridgehead atoms. The molecule has 0 aromatic carbocycles. The number of hydrogen-bond acceptors (Lipinski definition) is 7. The molecule has 1 aliphatic rings.